The van der Waals surface area contributed by atoms with Gasteiger partial charge in [0.25, 0.3) is 0 Å². The first-order chi connectivity index (χ1) is 6.72. The van der Waals surface area contributed by atoms with Crippen LogP contribution in [0.3, 0.4) is 0 Å². The number of aromatic nitrogens is 1. The van der Waals surface area contributed by atoms with Crippen molar-refractivity contribution in [3.05, 3.63) is 21.9 Å². The molecular weight excluding hydrogens is 258 g/mol. The van der Waals surface area contributed by atoms with Crippen LogP contribution in [0.1, 0.15) is 36.8 Å². The van der Waals surface area contributed by atoms with E-state index in [1.165, 1.54) is 0 Å². The Labute approximate surface area is 98.5 Å². The minimum atomic E-state index is -0.453. The zero-order chi connectivity index (χ0) is 11.8. The average molecular weight is 274 g/mol. The average Bonchev–Trinajstić information content (AvgIpc) is 2.30. The standard InChI is InChI=1S/C11H16BrNO2/c1-7-8(6-9(12)13(7)5)10(14)15-11(2,3)4/h6H,1-5H3. The Hall–Kier alpha value is -0.770. The maximum absolute atomic E-state index is 11.8. The molecule has 0 saturated carbocycles. The fourth-order valence-corrected chi connectivity index (χ4v) is 1.70. The second kappa shape index (κ2) is 4.00. The summed E-state index contributed by atoms with van der Waals surface area (Å²) < 4.78 is 8.08. The molecule has 0 aliphatic heterocycles. The van der Waals surface area contributed by atoms with Crippen LogP contribution in [0.2, 0.25) is 0 Å². The van der Waals surface area contributed by atoms with Crippen LogP contribution in [0.25, 0.3) is 0 Å². The van der Waals surface area contributed by atoms with Crippen LogP contribution in [-0.2, 0) is 11.8 Å². The van der Waals surface area contributed by atoms with Crippen molar-refractivity contribution in [3.8, 4) is 0 Å². The number of rotatable bonds is 1. The number of hydrogen-bond acceptors (Lipinski definition) is 2. The summed E-state index contributed by atoms with van der Waals surface area (Å²) in [6.45, 7) is 7.47. The zero-order valence-electron chi connectivity index (χ0n) is 9.72. The van der Waals surface area contributed by atoms with Crippen molar-refractivity contribution < 1.29 is 9.53 Å². The van der Waals surface area contributed by atoms with Gasteiger partial charge in [-0.15, -0.1) is 0 Å². The van der Waals surface area contributed by atoms with Crippen LogP contribution < -0.4 is 0 Å². The molecular formula is C11H16BrNO2. The predicted molar refractivity (Wildman–Crippen MR) is 63.0 cm³/mol. The highest BCUT2D eigenvalue weighted by atomic mass is 79.9. The molecule has 3 nitrogen and oxygen atoms in total. The zero-order valence-corrected chi connectivity index (χ0v) is 11.3. The third-order valence-corrected chi connectivity index (χ3v) is 2.86. The van der Waals surface area contributed by atoms with E-state index in [2.05, 4.69) is 15.9 Å². The number of halogens is 1. The van der Waals surface area contributed by atoms with Gasteiger partial charge in [0.05, 0.1) is 10.2 Å². The van der Waals surface area contributed by atoms with Gasteiger partial charge in [-0.05, 0) is 49.7 Å². The SMILES string of the molecule is Cc1c(C(=O)OC(C)(C)C)cc(Br)n1C. The highest BCUT2D eigenvalue weighted by Gasteiger charge is 2.21. The largest absolute Gasteiger partial charge is 0.456 e. The van der Waals surface area contributed by atoms with E-state index >= 15 is 0 Å². The third-order valence-electron chi connectivity index (χ3n) is 2.10. The lowest BCUT2D eigenvalue weighted by Gasteiger charge is -2.19. The van der Waals surface area contributed by atoms with Crippen molar-refractivity contribution in [1.82, 2.24) is 4.57 Å². The smallest absolute Gasteiger partial charge is 0.340 e. The molecule has 0 atom stereocenters. The van der Waals surface area contributed by atoms with Crippen LogP contribution in [0.4, 0.5) is 0 Å². The lowest BCUT2D eigenvalue weighted by atomic mass is 10.2. The van der Waals surface area contributed by atoms with E-state index in [4.69, 9.17) is 4.74 Å². The summed E-state index contributed by atoms with van der Waals surface area (Å²) in [6.07, 6.45) is 0. The topological polar surface area (TPSA) is 31.2 Å². The van der Waals surface area contributed by atoms with Gasteiger partial charge >= 0.3 is 5.97 Å². The predicted octanol–water partition coefficient (Wildman–Crippen LogP) is 3.05. The molecule has 0 spiro atoms. The molecule has 0 fully saturated rings. The van der Waals surface area contributed by atoms with Gasteiger partial charge in [-0.1, -0.05) is 0 Å². The monoisotopic (exact) mass is 273 g/mol. The molecule has 84 valence electrons. The van der Waals surface area contributed by atoms with E-state index in [1.54, 1.807) is 6.07 Å². The van der Waals surface area contributed by atoms with E-state index in [0.717, 1.165) is 10.3 Å². The Morgan fingerprint density at radius 2 is 2.00 bits per heavy atom. The first-order valence-corrected chi connectivity index (χ1v) is 5.57. The first kappa shape index (κ1) is 12.3. The minimum absolute atomic E-state index is 0.277. The van der Waals surface area contributed by atoms with E-state index in [1.807, 2.05) is 39.3 Å². The van der Waals surface area contributed by atoms with Crippen LogP contribution in [0.15, 0.2) is 10.7 Å². The summed E-state index contributed by atoms with van der Waals surface area (Å²) in [4.78, 5) is 11.8. The molecule has 4 heteroatoms. The molecule has 15 heavy (non-hydrogen) atoms. The highest BCUT2D eigenvalue weighted by molar-refractivity contribution is 9.10. The van der Waals surface area contributed by atoms with Crippen LogP contribution in [-0.4, -0.2) is 16.1 Å². The molecule has 0 aromatic carbocycles. The summed E-state index contributed by atoms with van der Waals surface area (Å²) in [5.74, 6) is -0.277. The molecule has 0 amide bonds. The summed E-state index contributed by atoms with van der Waals surface area (Å²) in [6, 6.07) is 1.78. The summed E-state index contributed by atoms with van der Waals surface area (Å²) in [5.41, 5.74) is 1.06. The summed E-state index contributed by atoms with van der Waals surface area (Å²) >= 11 is 3.37. The summed E-state index contributed by atoms with van der Waals surface area (Å²) in [7, 11) is 1.90. The van der Waals surface area contributed by atoms with Crippen molar-refractivity contribution in [2.75, 3.05) is 0 Å². The van der Waals surface area contributed by atoms with E-state index in [-0.39, 0.29) is 5.97 Å². The maximum Gasteiger partial charge on any atom is 0.340 e. The second-order valence-corrected chi connectivity index (χ2v) is 5.34. The number of hydrogen-bond donors (Lipinski definition) is 0. The molecule has 1 rings (SSSR count). The minimum Gasteiger partial charge on any atom is -0.456 e. The van der Waals surface area contributed by atoms with Crippen LogP contribution >= 0.6 is 15.9 Å². The number of ether oxygens (including phenoxy) is 1. The fourth-order valence-electron chi connectivity index (χ4n) is 1.20. The third kappa shape index (κ3) is 2.84. The van der Waals surface area contributed by atoms with Crippen molar-refractivity contribution >= 4 is 21.9 Å². The molecule has 0 bridgehead atoms. The molecule has 0 unspecified atom stereocenters. The van der Waals surface area contributed by atoms with Crippen molar-refractivity contribution in [2.24, 2.45) is 7.05 Å². The summed E-state index contributed by atoms with van der Waals surface area (Å²) in [5, 5.41) is 0. The van der Waals surface area contributed by atoms with Gasteiger partial charge in [-0.2, -0.15) is 0 Å². The van der Waals surface area contributed by atoms with Gasteiger partial charge in [0.15, 0.2) is 0 Å². The Balaban J connectivity index is 2.98. The Kier molecular flexibility index (Phi) is 3.28. The Morgan fingerprint density at radius 3 is 2.33 bits per heavy atom. The van der Waals surface area contributed by atoms with Gasteiger partial charge in [0, 0.05) is 12.7 Å². The molecule has 0 saturated heterocycles. The van der Waals surface area contributed by atoms with E-state index in [0.29, 0.717) is 5.56 Å². The normalized spacial score (nSPS) is 11.6. The second-order valence-electron chi connectivity index (χ2n) is 4.53. The lowest BCUT2D eigenvalue weighted by molar-refractivity contribution is 0.00687. The Morgan fingerprint density at radius 1 is 1.47 bits per heavy atom. The van der Waals surface area contributed by atoms with Gasteiger partial charge in [0.1, 0.15) is 5.60 Å². The van der Waals surface area contributed by atoms with Crippen LogP contribution in [0, 0.1) is 6.92 Å². The van der Waals surface area contributed by atoms with E-state index in [9.17, 15) is 4.79 Å². The molecule has 1 aromatic heterocycles. The molecule has 1 aromatic rings. The number of carbonyl (C=O) groups is 1. The number of carbonyl (C=O) groups excluding carboxylic acids is 1. The van der Waals surface area contributed by atoms with Crippen LogP contribution in [0.5, 0.6) is 0 Å². The molecule has 0 aliphatic carbocycles. The van der Waals surface area contributed by atoms with Gasteiger partial charge in [0.2, 0.25) is 0 Å². The van der Waals surface area contributed by atoms with Crippen molar-refractivity contribution in [2.45, 2.75) is 33.3 Å². The van der Waals surface area contributed by atoms with Crippen molar-refractivity contribution in [3.63, 3.8) is 0 Å². The molecule has 0 aliphatic rings. The fraction of sp³-hybridized carbons (Fsp3) is 0.545. The van der Waals surface area contributed by atoms with Gasteiger partial charge in [-0.25, -0.2) is 4.79 Å². The molecule has 0 radical (unpaired) electrons. The first-order valence-electron chi connectivity index (χ1n) is 4.77. The number of esters is 1. The number of nitrogens with zero attached hydrogens (tertiary/aromatic N) is 1. The van der Waals surface area contributed by atoms with Gasteiger partial charge < -0.3 is 9.30 Å². The van der Waals surface area contributed by atoms with Crippen molar-refractivity contribution in [1.29, 1.82) is 0 Å². The maximum atomic E-state index is 11.8. The quantitative estimate of drug-likeness (QED) is 0.737. The van der Waals surface area contributed by atoms with Gasteiger partial charge in [-0.3, -0.25) is 0 Å². The molecule has 1 heterocycles. The Bertz CT molecular complexity index is 388. The lowest BCUT2D eigenvalue weighted by Crippen LogP contribution is -2.24. The molecule has 0 N–H and O–H groups in total. The van der Waals surface area contributed by atoms with E-state index < -0.39 is 5.60 Å². The highest BCUT2D eigenvalue weighted by Crippen LogP contribution is 2.21.